The van der Waals surface area contributed by atoms with Crippen LogP contribution < -0.4 is 5.32 Å². The lowest BCUT2D eigenvalue weighted by Crippen LogP contribution is -2.58. The highest BCUT2D eigenvalue weighted by Crippen LogP contribution is 2.25. The predicted octanol–water partition coefficient (Wildman–Crippen LogP) is 2.17. The Morgan fingerprint density at radius 3 is 2.68 bits per heavy atom. The lowest BCUT2D eigenvalue weighted by molar-refractivity contribution is -0.147. The Morgan fingerprint density at radius 1 is 1.53 bits per heavy atom. The maximum Gasteiger partial charge on any atom is 0.324 e. The van der Waals surface area contributed by atoms with Gasteiger partial charge in [0.15, 0.2) is 0 Å². The van der Waals surface area contributed by atoms with E-state index in [0.29, 0.717) is 25.4 Å². The molecule has 19 heavy (non-hydrogen) atoms. The highest BCUT2D eigenvalue weighted by atomic mass is 32.1. The van der Waals surface area contributed by atoms with Crippen molar-refractivity contribution in [2.45, 2.75) is 44.8 Å². The first kappa shape index (κ1) is 14.5. The standard InChI is InChI=1S/C14H22N2O2S/c1-11(2)16-7-5-14(6-8-16,13(17)18)15-10-12-4-3-9-19-12/h3-4,9,11,15H,5-8,10H2,1-2H3,(H,17,18). The number of piperidine rings is 1. The highest BCUT2D eigenvalue weighted by molar-refractivity contribution is 7.09. The molecule has 0 saturated carbocycles. The van der Waals surface area contributed by atoms with Crippen LogP contribution in [0.3, 0.4) is 0 Å². The highest BCUT2D eigenvalue weighted by Gasteiger charge is 2.41. The Balaban J connectivity index is 1.98. The van der Waals surface area contributed by atoms with Gasteiger partial charge in [-0.15, -0.1) is 11.3 Å². The van der Waals surface area contributed by atoms with E-state index in [9.17, 15) is 9.90 Å². The molecule has 5 heteroatoms. The van der Waals surface area contributed by atoms with Gasteiger partial charge in [0.25, 0.3) is 0 Å². The lowest BCUT2D eigenvalue weighted by atomic mass is 9.87. The summed E-state index contributed by atoms with van der Waals surface area (Å²) in [5.74, 6) is -0.715. The van der Waals surface area contributed by atoms with Crippen molar-refractivity contribution >= 4 is 17.3 Å². The van der Waals surface area contributed by atoms with Gasteiger partial charge < -0.3 is 10.0 Å². The number of hydrogen-bond donors (Lipinski definition) is 2. The number of nitrogens with zero attached hydrogens (tertiary/aromatic N) is 1. The molecule has 1 aromatic rings. The largest absolute Gasteiger partial charge is 0.480 e. The fourth-order valence-corrected chi connectivity index (χ4v) is 3.20. The monoisotopic (exact) mass is 282 g/mol. The molecule has 0 unspecified atom stereocenters. The van der Waals surface area contributed by atoms with Crippen LogP contribution in [0, 0.1) is 0 Å². The third-order valence-electron chi connectivity index (χ3n) is 3.97. The summed E-state index contributed by atoms with van der Waals surface area (Å²) in [6.45, 7) is 6.66. The molecule has 1 saturated heterocycles. The van der Waals surface area contributed by atoms with Gasteiger partial charge in [-0.1, -0.05) is 6.07 Å². The minimum absolute atomic E-state index is 0.490. The van der Waals surface area contributed by atoms with Gasteiger partial charge >= 0.3 is 5.97 Å². The van der Waals surface area contributed by atoms with Gasteiger partial charge in [0.1, 0.15) is 5.54 Å². The quantitative estimate of drug-likeness (QED) is 0.869. The molecule has 4 nitrogen and oxygen atoms in total. The second-order valence-electron chi connectivity index (χ2n) is 5.45. The molecule has 0 spiro atoms. The van der Waals surface area contributed by atoms with Crippen molar-refractivity contribution in [2.75, 3.05) is 13.1 Å². The first-order valence-electron chi connectivity index (χ1n) is 6.78. The molecule has 2 N–H and O–H groups in total. The molecule has 1 aromatic heterocycles. The maximum absolute atomic E-state index is 11.6. The number of carboxylic acids is 1. The van der Waals surface area contributed by atoms with Crippen molar-refractivity contribution in [2.24, 2.45) is 0 Å². The zero-order valence-corrected chi connectivity index (χ0v) is 12.4. The molecule has 0 aromatic carbocycles. The van der Waals surface area contributed by atoms with E-state index < -0.39 is 11.5 Å². The van der Waals surface area contributed by atoms with Crippen molar-refractivity contribution < 1.29 is 9.90 Å². The van der Waals surface area contributed by atoms with Crippen LogP contribution in [-0.2, 0) is 11.3 Å². The number of nitrogens with one attached hydrogen (secondary N) is 1. The number of carbonyl (C=O) groups is 1. The van der Waals surface area contributed by atoms with Gasteiger partial charge in [0.05, 0.1) is 0 Å². The molecular weight excluding hydrogens is 260 g/mol. The number of hydrogen-bond acceptors (Lipinski definition) is 4. The summed E-state index contributed by atoms with van der Waals surface area (Å²) >= 11 is 1.66. The molecule has 0 bridgehead atoms. The van der Waals surface area contributed by atoms with Crippen molar-refractivity contribution in [3.8, 4) is 0 Å². The Bertz CT molecular complexity index is 409. The number of carboxylic acid groups (broad SMARTS) is 1. The predicted molar refractivity (Wildman–Crippen MR) is 77.5 cm³/mol. The maximum atomic E-state index is 11.6. The normalized spacial score (nSPS) is 19.7. The van der Waals surface area contributed by atoms with Gasteiger partial charge in [-0.3, -0.25) is 10.1 Å². The second-order valence-corrected chi connectivity index (χ2v) is 6.48. The van der Waals surface area contributed by atoms with Crippen LogP contribution in [0.25, 0.3) is 0 Å². The average molecular weight is 282 g/mol. The summed E-state index contributed by atoms with van der Waals surface area (Å²) in [4.78, 5) is 15.2. The molecule has 0 atom stereocenters. The van der Waals surface area contributed by atoms with E-state index in [2.05, 4.69) is 24.1 Å². The molecule has 2 heterocycles. The fourth-order valence-electron chi connectivity index (χ4n) is 2.56. The molecular formula is C14H22N2O2S. The number of thiophene rings is 1. The zero-order chi connectivity index (χ0) is 13.9. The Morgan fingerprint density at radius 2 is 2.21 bits per heavy atom. The van der Waals surface area contributed by atoms with Gasteiger partial charge in [-0.25, -0.2) is 0 Å². The summed E-state index contributed by atoms with van der Waals surface area (Å²) in [6, 6.07) is 4.52. The molecule has 1 aliphatic rings. The molecule has 2 rings (SSSR count). The molecule has 0 radical (unpaired) electrons. The topological polar surface area (TPSA) is 52.6 Å². The van der Waals surface area contributed by atoms with E-state index in [-0.39, 0.29) is 0 Å². The number of aliphatic carboxylic acids is 1. The van der Waals surface area contributed by atoms with Crippen LogP contribution in [0.4, 0.5) is 0 Å². The third-order valence-corrected chi connectivity index (χ3v) is 4.85. The van der Waals surface area contributed by atoms with E-state index in [1.807, 2.05) is 17.5 Å². The van der Waals surface area contributed by atoms with Crippen LogP contribution in [0.15, 0.2) is 17.5 Å². The molecule has 1 aliphatic heterocycles. The van der Waals surface area contributed by atoms with Crippen molar-refractivity contribution in [1.82, 2.24) is 10.2 Å². The van der Waals surface area contributed by atoms with Gasteiger partial charge in [-0.05, 0) is 38.1 Å². The van der Waals surface area contributed by atoms with Crippen LogP contribution in [0.2, 0.25) is 0 Å². The zero-order valence-electron chi connectivity index (χ0n) is 11.6. The van der Waals surface area contributed by atoms with Crippen molar-refractivity contribution in [3.05, 3.63) is 22.4 Å². The summed E-state index contributed by atoms with van der Waals surface area (Å²) in [5.41, 5.74) is -0.755. The minimum atomic E-state index is -0.755. The van der Waals surface area contributed by atoms with Gasteiger partial charge in [0, 0.05) is 30.6 Å². The van der Waals surface area contributed by atoms with Crippen molar-refractivity contribution in [1.29, 1.82) is 0 Å². The van der Waals surface area contributed by atoms with Crippen molar-refractivity contribution in [3.63, 3.8) is 0 Å². The van der Waals surface area contributed by atoms with Crippen LogP contribution in [0.5, 0.6) is 0 Å². The number of rotatable bonds is 5. The lowest BCUT2D eigenvalue weighted by Gasteiger charge is -2.41. The first-order valence-corrected chi connectivity index (χ1v) is 7.66. The van der Waals surface area contributed by atoms with Crippen LogP contribution in [-0.4, -0.2) is 40.6 Å². The Hall–Kier alpha value is -0.910. The van der Waals surface area contributed by atoms with E-state index in [0.717, 1.165) is 13.1 Å². The van der Waals surface area contributed by atoms with E-state index in [1.165, 1.54) is 4.88 Å². The van der Waals surface area contributed by atoms with E-state index in [1.54, 1.807) is 11.3 Å². The van der Waals surface area contributed by atoms with Crippen LogP contribution in [0.1, 0.15) is 31.6 Å². The molecule has 1 fully saturated rings. The summed E-state index contributed by atoms with van der Waals surface area (Å²) in [5, 5.41) is 14.9. The van der Waals surface area contributed by atoms with E-state index >= 15 is 0 Å². The Labute approximate surface area is 118 Å². The SMILES string of the molecule is CC(C)N1CCC(NCc2cccs2)(C(=O)O)CC1. The summed E-state index contributed by atoms with van der Waals surface area (Å²) < 4.78 is 0. The fraction of sp³-hybridized carbons (Fsp3) is 0.643. The molecule has 0 amide bonds. The third kappa shape index (κ3) is 3.35. The smallest absolute Gasteiger partial charge is 0.324 e. The molecule has 106 valence electrons. The van der Waals surface area contributed by atoms with Gasteiger partial charge in [-0.2, -0.15) is 0 Å². The summed E-state index contributed by atoms with van der Waals surface area (Å²) in [7, 11) is 0. The Kier molecular flexibility index (Phi) is 4.60. The minimum Gasteiger partial charge on any atom is -0.480 e. The molecule has 0 aliphatic carbocycles. The number of likely N-dealkylation sites (tertiary alicyclic amines) is 1. The first-order chi connectivity index (χ1) is 9.03. The average Bonchev–Trinajstić information content (AvgIpc) is 2.89. The van der Waals surface area contributed by atoms with Crippen LogP contribution >= 0.6 is 11.3 Å². The summed E-state index contributed by atoms with van der Waals surface area (Å²) in [6.07, 6.45) is 1.35. The van der Waals surface area contributed by atoms with Gasteiger partial charge in [0.2, 0.25) is 0 Å². The van der Waals surface area contributed by atoms with E-state index in [4.69, 9.17) is 0 Å². The second kappa shape index (κ2) is 6.03.